The van der Waals surface area contributed by atoms with E-state index in [9.17, 15) is 0 Å². The van der Waals surface area contributed by atoms with Crippen molar-refractivity contribution in [2.24, 2.45) is 0 Å². The third kappa shape index (κ3) is 15.0. The molecule has 0 aromatic carbocycles. The molecule has 0 heterocycles. The molecule has 0 aromatic heterocycles. The summed E-state index contributed by atoms with van der Waals surface area (Å²) in [6, 6.07) is 6.64. The van der Waals surface area contributed by atoms with Gasteiger partial charge in [-0.3, -0.25) is 0 Å². The van der Waals surface area contributed by atoms with Gasteiger partial charge in [0, 0.05) is 0 Å². The first-order valence-corrected chi connectivity index (χ1v) is 15.1. The van der Waals surface area contributed by atoms with Gasteiger partial charge in [0.2, 0.25) is 0 Å². The third-order valence-electron chi connectivity index (χ3n) is 6.24. The standard InChI is InChI=1S/C24H52Si/c1-5-9-13-16-17-20-24-25(21-12-8-4,22-18-14-10-6-2)23-19-15-11-7-3/h5-24H2,1-4H3. The molecule has 0 N–H and O–H groups in total. The van der Waals surface area contributed by atoms with Crippen LogP contribution in [0.4, 0.5) is 0 Å². The first kappa shape index (κ1) is 25.2. The second kappa shape index (κ2) is 19.0. The van der Waals surface area contributed by atoms with E-state index in [2.05, 4.69) is 27.7 Å². The lowest BCUT2D eigenvalue weighted by Gasteiger charge is -2.33. The van der Waals surface area contributed by atoms with E-state index in [-0.39, 0.29) is 0 Å². The van der Waals surface area contributed by atoms with E-state index in [1.807, 2.05) is 0 Å². The lowest BCUT2D eigenvalue weighted by Crippen LogP contribution is -2.33. The molecule has 0 aliphatic rings. The Morgan fingerprint density at radius 3 is 1.00 bits per heavy atom. The predicted molar refractivity (Wildman–Crippen MR) is 122 cm³/mol. The molecule has 0 bridgehead atoms. The Labute approximate surface area is 163 Å². The Morgan fingerprint density at radius 1 is 0.320 bits per heavy atom. The Balaban J connectivity index is 4.48. The summed E-state index contributed by atoms with van der Waals surface area (Å²) in [5, 5.41) is 0. The molecule has 0 nitrogen and oxygen atoms in total. The summed E-state index contributed by atoms with van der Waals surface area (Å²) in [6.45, 7) is 9.43. The van der Waals surface area contributed by atoms with Crippen molar-refractivity contribution in [3.8, 4) is 0 Å². The van der Waals surface area contributed by atoms with Crippen LogP contribution in [-0.2, 0) is 0 Å². The van der Waals surface area contributed by atoms with Gasteiger partial charge in [0.15, 0.2) is 0 Å². The van der Waals surface area contributed by atoms with E-state index in [4.69, 9.17) is 0 Å². The summed E-state index contributed by atoms with van der Waals surface area (Å²) in [4.78, 5) is 0. The van der Waals surface area contributed by atoms with Gasteiger partial charge in [0.25, 0.3) is 0 Å². The van der Waals surface area contributed by atoms with Gasteiger partial charge < -0.3 is 0 Å². The van der Waals surface area contributed by atoms with Gasteiger partial charge >= 0.3 is 0 Å². The molecule has 0 aromatic rings. The minimum absolute atomic E-state index is 0.985. The van der Waals surface area contributed by atoms with E-state index < -0.39 is 8.07 Å². The zero-order valence-electron chi connectivity index (χ0n) is 18.6. The number of rotatable bonds is 20. The molecule has 1 heteroatoms. The first-order chi connectivity index (χ1) is 12.2. The van der Waals surface area contributed by atoms with E-state index >= 15 is 0 Å². The lowest BCUT2D eigenvalue weighted by atomic mass is 10.1. The molecule has 152 valence electrons. The van der Waals surface area contributed by atoms with Crippen LogP contribution >= 0.6 is 0 Å². The fourth-order valence-corrected chi connectivity index (χ4v) is 10.0. The smallest absolute Gasteiger partial charge is 0.0535 e. The second-order valence-electron chi connectivity index (χ2n) is 8.74. The fraction of sp³-hybridized carbons (Fsp3) is 1.00. The zero-order chi connectivity index (χ0) is 18.6. The molecule has 25 heavy (non-hydrogen) atoms. The number of hydrogen-bond donors (Lipinski definition) is 0. The highest BCUT2D eigenvalue weighted by Gasteiger charge is 2.30. The van der Waals surface area contributed by atoms with Crippen molar-refractivity contribution in [1.82, 2.24) is 0 Å². The molecule has 0 spiro atoms. The Hall–Kier alpha value is 0.217. The first-order valence-electron chi connectivity index (χ1n) is 12.2. The minimum atomic E-state index is -0.985. The molecule has 0 amide bonds. The summed E-state index contributed by atoms with van der Waals surface area (Å²) >= 11 is 0. The summed E-state index contributed by atoms with van der Waals surface area (Å²) in [6.07, 6.45) is 23.6. The molecule has 0 aliphatic heterocycles. The molecule has 0 aliphatic carbocycles. The number of hydrogen-bond acceptors (Lipinski definition) is 0. The Morgan fingerprint density at radius 2 is 0.600 bits per heavy atom. The normalized spacial score (nSPS) is 12.0. The average molecular weight is 369 g/mol. The van der Waals surface area contributed by atoms with E-state index in [1.54, 1.807) is 43.4 Å². The molecule has 0 fully saturated rings. The Bertz CT molecular complexity index is 236. The SMILES string of the molecule is CCCCCCCC[Si](CCCC)(CCCCCC)CCCCCC. The van der Waals surface area contributed by atoms with Crippen LogP contribution in [0.15, 0.2) is 0 Å². The van der Waals surface area contributed by atoms with Crippen LogP contribution < -0.4 is 0 Å². The summed E-state index contributed by atoms with van der Waals surface area (Å²) in [7, 11) is -0.985. The van der Waals surface area contributed by atoms with Crippen LogP contribution in [0.5, 0.6) is 0 Å². The largest absolute Gasteiger partial charge is 0.0654 e. The van der Waals surface area contributed by atoms with Crippen LogP contribution in [0.2, 0.25) is 24.2 Å². The maximum atomic E-state index is 2.40. The van der Waals surface area contributed by atoms with Crippen molar-refractivity contribution in [2.75, 3.05) is 0 Å². The maximum Gasteiger partial charge on any atom is 0.0535 e. The van der Waals surface area contributed by atoms with Gasteiger partial charge in [-0.15, -0.1) is 0 Å². The third-order valence-corrected chi connectivity index (χ3v) is 11.9. The van der Waals surface area contributed by atoms with Crippen molar-refractivity contribution in [2.45, 2.75) is 155 Å². The van der Waals surface area contributed by atoms with Gasteiger partial charge in [-0.05, 0) is 0 Å². The Kier molecular flexibility index (Phi) is 19.2. The van der Waals surface area contributed by atoms with Crippen LogP contribution in [0, 0.1) is 0 Å². The van der Waals surface area contributed by atoms with Crippen molar-refractivity contribution >= 4 is 8.07 Å². The monoisotopic (exact) mass is 368 g/mol. The molecular weight excluding hydrogens is 316 g/mol. The second-order valence-corrected chi connectivity index (χ2v) is 13.7. The summed E-state index contributed by atoms with van der Waals surface area (Å²) < 4.78 is 0. The van der Waals surface area contributed by atoms with Gasteiger partial charge in [-0.2, -0.15) is 0 Å². The average Bonchev–Trinajstić information content (AvgIpc) is 2.63. The van der Waals surface area contributed by atoms with Crippen LogP contribution in [0.1, 0.15) is 130 Å². The van der Waals surface area contributed by atoms with E-state index in [0.717, 1.165) is 0 Å². The van der Waals surface area contributed by atoms with Crippen molar-refractivity contribution in [3.05, 3.63) is 0 Å². The maximum absolute atomic E-state index is 2.40. The van der Waals surface area contributed by atoms with Gasteiger partial charge in [-0.1, -0.05) is 155 Å². The van der Waals surface area contributed by atoms with Gasteiger partial charge in [0.1, 0.15) is 0 Å². The minimum Gasteiger partial charge on any atom is -0.0654 e. The van der Waals surface area contributed by atoms with E-state index in [1.165, 1.54) is 83.5 Å². The quantitative estimate of drug-likeness (QED) is 0.148. The van der Waals surface area contributed by atoms with Crippen LogP contribution in [-0.4, -0.2) is 8.07 Å². The number of unbranched alkanes of at least 4 members (excludes halogenated alkanes) is 12. The summed E-state index contributed by atoms with van der Waals surface area (Å²) in [5.41, 5.74) is 0. The van der Waals surface area contributed by atoms with Crippen LogP contribution in [0.25, 0.3) is 0 Å². The molecule has 0 saturated carbocycles. The van der Waals surface area contributed by atoms with Crippen molar-refractivity contribution in [1.29, 1.82) is 0 Å². The highest BCUT2D eigenvalue weighted by molar-refractivity contribution is 6.79. The molecule has 0 unspecified atom stereocenters. The highest BCUT2D eigenvalue weighted by atomic mass is 28.3. The predicted octanol–water partition coefficient (Wildman–Crippen LogP) is 9.76. The summed E-state index contributed by atoms with van der Waals surface area (Å²) in [5.74, 6) is 0. The van der Waals surface area contributed by atoms with E-state index in [0.29, 0.717) is 0 Å². The molecule has 0 radical (unpaired) electrons. The molecule has 0 saturated heterocycles. The van der Waals surface area contributed by atoms with Gasteiger partial charge in [0.05, 0.1) is 8.07 Å². The molecular formula is C24H52Si. The highest BCUT2D eigenvalue weighted by Crippen LogP contribution is 2.34. The lowest BCUT2D eigenvalue weighted by molar-refractivity contribution is 0.616. The van der Waals surface area contributed by atoms with Crippen molar-refractivity contribution < 1.29 is 0 Å². The zero-order valence-corrected chi connectivity index (χ0v) is 19.6. The molecule has 0 rings (SSSR count). The van der Waals surface area contributed by atoms with Crippen molar-refractivity contribution in [3.63, 3.8) is 0 Å². The molecule has 0 atom stereocenters. The fourth-order valence-electron chi connectivity index (χ4n) is 4.44. The van der Waals surface area contributed by atoms with Gasteiger partial charge in [-0.25, -0.2) is 0 Å². The topological polar surface area (TPSA) is 0 Å². The van der Waals surface area contributed by atoms with Crippen LogP contribution in [0.3, 0.4) is 0 Å².